The van der Waals surface area contributed by atoms with Gasteiger partial charge in [0, 0.05) is 12.3 Å². The minimum Gasteiger partial charge on any atom is -0.497 e. The fourth-order valence-corrected chi connectivity index (χ4v) is 5.11. The van der Waals surface area contributed by atoms with Crippen LogP contribution in [0.25, 0.3) is 0 Å². The van der Waals surface area contributed by atoms with Gasteiger partial charge in [-0.2, -0.15) is 0 Å². The van der Waals surface area contributed by atoms with E-state index in [0.29, 0.717) is 17.7 Å². The molecule has 1 saturated carbocycles. The van der Waals surface area contributed by atoms with Crippen molar-refractivity contribution in [3.05, 3.63) is 39.0 Å². The van der Waals surface area contributed by atoms with Crippen molar-refractivity contribution < 1.29 is 11.6 Å². The van der Waals surface area contributed by atoms with Crippen molar-refractivity contribution in [2.75, 3.05) is 7.11 Å². The summed E-state index contributed by atoms with van der Waals surface area (Å²) in [6, 6.07) is 5.15. The average Bonchev–Trinajstić information content (AvgIpc) is 2.88. The lowest BCUT2D eigenvalue weighted by atomic mass is 9.56. The summed E-state index contributed by atoms with van der Waals surface area (Å²) in [5, 5.41) is 0. The number of halogens is 1. The Balaban J connectivity index is 1.96. The van der Waals surface area contributed by atoms with Gasteiger partial charge in [0.15, 0.2) is 0 Å². The summed E-state index contributed by atoms with van der Waals surface area (Å²) >= 11 is 2.35. The van der Waals surface area contributed by atoms with Crippen LogP contribution in [-0.4, -0.2) is 7.11 Å². The van der Waals surface area contributed by atoms with Crippen molar-refractivity contribution in [1.29, 1.82) is 0 Å². The SMILES string of the molecule is [2H]C1([2H])c2cc(OC)ccc2[C@@]2([2H])CC[C@]3(C)C(I)=CC[C@H]3[C@@H]2C1([2H])[2H]. The van der Waals surface area contributed by atoms with Gasteiger partial charge in [0.2, 0.25) is 0 Å². The molecular weight excluding hydrogens is 371 g/mol. The zero-order valence-electron chi connectivity index (χ0n) is 17.4. The quantitative estimate of drug-likeness (QED) is 0.569. The van der Waals surface area contributed by atoms with Gasteiger partial charge < -0.3 is 4.74 Å². The Morgan fingerprint density at radius 3 is 3.14 bits per heavy atom. The number of fused-ring (bicyclic) bond motifs is 5. The first-order valence-corrected chi connectivity index (χ1v) is 8.63. The van der Waals surface area contributed by atoms with Crippen LogP contribution < -0.4 is 4.74 Å². The van der Waals surface area contributed by atoms with E-state index in [9.17, 15) is 1.37 Å². The topological polar surface area (TPSA) is 9.23 Å². The summed E-state index contributed by atoms with van der Waals surface area (Å²) in [7, 11) is 1.52. The van der Waals surface area contributed by atoms with Crippen molar-refractivity contribution in [3.8, 4) is 5.75 Å². The highest BCUT2D eigenvalue weighted by Crippen LogP contribution is 2.62. The first-order valence-electron chi connectivity index (χ1n) is 10.1. The third kappa shape index (κ3) is 2.01. The maximum atomic E-state index is 9.35. The molecule has 1 aromatic carbocycles. The van der Waals surface area contributed by atoms with E-state index in [-0.39, 0.29) is 16.9 Å². The van der Waals surface area contributed by atoms with E-state index in [1.807, 2.05) is 0 Å². The lowest BCUT2D eigenvalue weighted by molar-refractivity contribution is 0.0815. The van der Waals surface area contributed by atoms with Gasteiger partial charge in [-0.25, -0.2) is 0 Å². The lowest BCUT2D eigenvalue weighted by Gasteiger charge is -2.49. The summed E-state index contributed by atoms with van der Waals surface area (Å²) in [6.45, 7) is 2.16. The Hall–Kier alpha value is -0.510. The number of hydrogen-bond acceptors (Lipinski definition) is 1. The zero-order chi connectivity index (χ0) is 19.1. The molecule has 21 heavy (non-hydrogen) atoms. The van der Waals surface area contributed by atoms with Crippen molar-refractivity contribution in [2.24, 2.45) is 17.3 Å². The monoisotopic (exact) mass is 399 g/mol. The zero-order valence-corrected chi connectivity index (χ0v) is 14.5. The molecule has 0 aromatic heterocycles. The molecule has 1 fully saturated rings. The van der Waals surface area contributed by atoms with E-state index in [0.717, 1.165) is 12.8 Å². The predicted octanol–water partition coefficient (Wildman–Crippen LogP) is 5.48. The van der Waals surface area contributed by atoms with Crippen molar-refractivity contribution in [3.63, 3.8) is 0 Å². The van der Waals surface area contributed by atoms with Crippen molar-refractivity contribution in [2.45, 2.75) is 44.8 Å². The molecule has 0 unspecified atom stereocenters. The fraction of sp³-hybridized carbons (Fsp3) is 0.579. The van der Waals surface area contributed by atoms with E-state index < -0.39 is 24.6 Å². The molecule has 3 aliphatic rings. The van der Waals surface area contributed by atoms with Gasteiger partial charge in [0.1, 0.15) is 5.75 Å². The van der Waals surface area contributed by atoms with Crippen LogP contribution in [0.2, 0.25) is 0 Å². The Morgan fingerprint density at radius 2 is 2.33 bits per heavy atom. The molecule has 0 saturated heterocycles. The number of aryl methyl sites for hydroxylation is 1. The largest absolute Gasteiger partial charge is 0.497 e. The molecule has 0 bridgehead atoms. The van der Waals surface area contributed by atoms with Crippen molar-refractivity contribution >= 4 is 22.6 Å². The molecule has 112 valence electrons. The number of ether oxygens (including phenoxy) is 1. The van der Waals surface area contributed by atoms with E-state index in [1.54, 1.807) is 18.2 Å². The van der Waals surface area contributed by atoms with Crippen LogP contribution in [0, 0.1) is 17.3 Å². The van der Waals surface area contributed by atoms with Crippen LogP contribution in [0.4, 0.5) is 0 Å². The van der Waals surface area contributed by atoms with E-state index in [4.69, 9.17) is 10.2 Å². The van der Waals surface area contributed by atoms with Crippen LogP contribution in [-0.2, 0) is 6.37 Å². The highest BCUT2D eigenvalue weighted by atomic mass is 127. The van der Waals surface area contributed by atoms with Gasteiger partial charge in [-0.1, -0.05) is 19.1 Å². The Labute approximate surface area is 148 Å². The first-order chi connectivity index (χ1) is 12.0. The second-order valence-corrected chi connectivity index (χ2v) is 7.66. The number of methoxy groups -OCH3 is 1. The number of hydrogen-bond donors (Lipinski definition) is 0. The summed E-state index contributed by atoms with van der Waals surface area (Å²) in [4.78, 5) is 0. The highest BCUT2D eigenvalue weighted by molar-refractivity contribution is 14.1. The predicted molar refractivity (Wildman–Crippen MR) is 95.1 cm³/mol. The number of benzene rings is 1. The first kappa shape index (κ1) is 9.59. The number of allylic oxidation sites excluding steroid dienone is 2. The Morgan fingerprint density at radius 1 is 1.48 bits per heavy atom. The fourth-order valence-electron chi connectivity index (χ4n) is 4.18. The normalized spacial score (nSPS) is 49.1. The molecule has 0 heterocycles. The molecule has 4 atom stereocenters. The molecule has 0 aliphatic heterocycles. The summed E-state index contributed by atoms with van der Waals surface area (Å²) < 4.78 is 50.9. The van der Waals surface area contributed by atoms with Gasteiger partial charge in [0.25, 0.3) is 0 Å². The summed E-state index contributed by atoms with van der Waals surface area (Å²) in [5.74, 6) is -1.35. The Bertz CT molecular complexity index is 807. The van der Waals surface area contributed by atoms with E-state index in [2.05, 4.69) is 35.6 Å². The minimum atomic E-state index is -2.17. The minimum absolute atomic E-state index is 0.0547. The molecule has 4 rings (SSSR count). The van der Waals surface area contributed by atoms with Crippen molar-refractivity contribution in [1.82, 2.24) is 0 Å². The van der Waals surface area contributed by atoms with Crippen LogP contribution in [0.3, 0.4) is 0 Å². The second kappa shape index (κ2) is 5.00. The lowest BCUT2D eigenvalue weighted by Crippen LogP contribution is -2.40. The maximum Gasteiger partial charge on any atom is 0.119 e. The van der Waals surface area contributed by atoms with Crippen LogP contribution in [0.5, 0.6) is 5.75 Å². The summed E-state index contributed by atoms with van der Waals surface area (Å²) in [6.07, 6.45) is -0.0435. The molecule has 1 nitrogen and oxygen atoms in total. The smallest absolute Gasteiger partial charge is 0.119 e. The molecule has 3 aliphatic carbocycles. The standard InChI is InChI=1S/C19H23IO/c1-19-10-9-15-14-6-4-13(21-2)11-12(14)3-5-16(15)17(19)7-8-18(19)20/h4,6,8,11,15-17H,3,5,7,9-10H2,1-2H3/t15-,16-,17+,19+/m1/s1/i3D2,5D2,15D. The summed E-state index contributed by atoms with van der Waals surface area (Å²) in [5.41, 5.74) is 0.758. The van der Waals surface area contributed by atoms with E-state index in [1.165, 1.54) is 10.7 Å². The van der Waals surface area contributed by atoms with Crippen LogP contribution in [0.1, 0.15) is 56.4 Å². The van der Waals surface area contributed by atoms with Crippen LogP contribution in [0.15, 0.2) is 27.9 Å². The molecule has 2 heteroatoms. The van der Waals surface area contributed by atoms with Gasteiger partial charge in [-0.15, -0.1) is 0 Å². The van der Waals surface area contributed by atoms with Gasteiger partial charge in [-0.3, -0.25) is 0 Å². The van der Waals surface area contributed by atoms with E-state index >= 15 is 0 Å². The molecular formula is C19H23IO. The third-order valence-corrected chi connectivity index (χ3v) is 7.21. The second-order valence-electron chi connectivity index (χ2n) is 6.50. The maximum absolute atomic E-state index is 9.35. The molecule has 0 amide bonds. The molecule has 0 spiro atoms. The molecule has 0 N–H and O–H groups in total. The average molecular weight is 399 g/mol. The van der Waals surface area contributed by atoms with Gasteiger partial charge in [0.05, 0.1) is 7.11 Å². The van der Waals surface area contributed by atoms with Gasteiger partial charge in [-0.05, 0) is 99.2 Å². The highest BCUT2D eigenvalue weighted by Gasteiger charge is 2.51. The molecule has 0 radical (unpaired) electrons. The number of rotatable bonds is 1. The Kier molecular flexibility index (Phi) is 2.29. The van der Waals surface area contributed by atoms with Gasteiger partial charge >= 0.3 is 0 Å². The van der Waals surface area contributed by atoms with Crippen LogP contribution >= 0.6 is 22.6 Å². The third-order valence-electron chi connectivity index (χ3n) is 5.54. The molecule has 1 aromatic rings.